The van der Waals surface area contributed by atoms with Gasteiger partial charge in [-0.15, -0.1) is 0 Å². The van der Waals surface area contributed by atoms with Gasteiger partial charge >= 0.3 is 6.03 Å². The van der Waals surface area contributed by atoms with Crippen LogP contribution in [0.3, 0.4) is 0 Å². The van der Waals surface area contributed by atoms with Gasteiger partial charge in [-0.3, -0.25) is 0 Å². The molecule has 2 heterocycles. The molecule has 2 N–H and O–H groups in total. The van der Waals surface area contributed by atoms with Crippen LogP contribution in [0.4, 0.5) is 10.5 Å². The number of hydrogen-bond donors (Lipinski definition) is 2. The average molecular weight is 307 g/mol. The van der Waals surface area contributed by atoms with Crippen LogP contribution in [0.15, 0.2) is 67.1 Å². The lowest BCUT2D eigenvalue weighted by atomic mass is 10.1. The molecule has 0 aliphatic heterocycles. The van der Waals surface area contributed by atoms with Crippen LogP contribution in [0.2, 0.25) is 0 Å². The minimum absolute atomic E-state index is 0.0764. The van der Waals surface area contributed by atoms with Gasteiger partial charge < -0.3 is 10.6 Å². The van der Waals surface area contributed by atoms with Crippen LogP contribution in [0.5, 0.6) is 0 Å². The van der Waals surface area contributed by atoms with Gasteiger partial charge in [-0.05, 0) is 30.7 Å². The summed E-state index contributed by atoms with van der Waals surface area (Å²) < 4.78 is 1.65. The van der Waals surface area contributed by atoms with E-state index in [-0.39, 0.29) is 12.1 Å². The number of urea groups is 1. The van der Waals surface area contributed by atoms with E-state index >= 15 is 0 Å². The standard InChI is InChI=1S/C17H17N5O/c1-13(14-6-3-2-4-7-14)20-17(23)21-15-8-9-16(18-12-15)22-11-5-10-19-22/h2-13H,1H3,(H2,20,21,23)/t13-/m0/s1. The average Bonchev–Trinajstić information content (AvgIpc) is 3.11. The normalized spacial score (nSPS) is 11.7. The second-order valence-corrected chi connectivity index (χ2v) is 5.09. The Morgan fingerprint density at radius 2 is 1.96 bits per heavy atom. The fourth-order valence-electron chi connectivity index (χ4n) is 2.19. The first-order valence-corrected chi connectivity index (χ1v) is 7.31. The molecule has 3 aromatic rings. The first-order valence-electron chi connectivity index (χ1n) is 7.31. The van der Waals surface area contributed by atoms with E-state index in [9.17, 15) is 4.79 Å². The van der Waals surface area contributed by atoms with E-state index in [1.807, 2.05) is 49.5 Å². The third-order valence-corrected chi connectivity index (χ3v) is 3.39. The van der Waals surface area contributed by atoms with Crippen molar-refractivity contribution in [2.75, 3.05) is 5.32 Å². The number of hydrogen-bond acceptors (Lipinski definition) is 3. The summed E-state index contributed by atoms with van der Waals surface area (Å²) in [5.74, 6) is 0.693. The summed E-state index contributed by atoms with van der Waals surface area (Å²) in [7, 11) is 0. The van der Waals surface area contributed by atoms with E-state index in [4.69, 9.17) is 0 Å². The third-order valence-electron chi connectivity index (χ3n) is 3.39. The number of carbonyl (C=O) groups excluding carboxylic acids is 1. The van der Waals surface area contributed by atoms with E-state index in [0.29, 0.717) is 11.5 Å². The van der Waals surface area contributed by atoms with Crippen molar-refractivity contribution in [1.82, 2.24) is 20.1 Å². The molecule has 0 saturated carbocycles. The molecule has 0 aliphatic carbocycles. The summed E-state index contributed by atoms with van der Waals surface area (Å²) in [5.41, 5.74) is 1.67. The van der Waals surface area contributed by atoms with Crippen molar-refractivity contribution in [3.05, 3.63) is 72.7 Å². The predicted molar refractivity (Wildman–Crippen MR) is 88.4 cm³/mol. The number of nitrogens with one attached hydrogen (secondary N) is 2. The van der Waals surface area contributed by atoms with Gasteiger partial charge in [0.1, 0.15) is 0 Å². The molecule has 6 nitrogen and oxygen atoms in total. The first-order chi connectivity index (χ1) is 11.2. The highest BCUT2D eigenvalue weighted by atomic mass is 16.2. The van der Waals surface area contributed by atoms with E-state index in [0.717, 1.165) is 5.56 Å². The van der Waals surface area contributed by atoms with Crippen molar-refractivity contribution >= 4 is 11.7 Å². The monoisotopic (exact) mass is 307 g/mol. The number of anilines is 1. The molecule has 2 aromatic heterocycles. The second kappa shape index (κ2) is 6.74. The quantitative estimate of drug-likeness (QED) is 0.777. The highest BCUT2D eigenvalue weighted by Crippen LogP contribution is 2.12. The Bertz CT molecular complexity index is 753. The molecule has 23 heavy (non-hydrogen) atoms. The molecule has 1 atom stereocenters. The minimum Gasteiger partial charge on any atom is -0.331 e. The fraction of sp³-hybridized carbons (Fsp3) is 0.118. The summed E-state index contributed by atoms with van der Waals surface area (Å²) in [6, 6.07) is 14.9. The summed E-state index contributed by atoms with van der Waals surface area (Å²) >= 11 is 0. The Hall–Kier alpha value is -3.15. The molecule has 116 valence electrons. The number of amides is 2. The second-order valence-electron chi connectivity index (χ2n) is 5.09. The predicted octanol–water partition coefficient (Wildman–Crippen LogP) is 3.15. The summed E-state index contributed by atoms with van der Waals surface area (Å²) in [6.07, 6.45) is 5.10. The van der Waals surface area contributed by atoms with Crippen molar-refractivity contribution in [2.45, 2.75) is 13.0 Å². The molecular weight excluding hydrogens is 290 g/mol. The fourth-order valence-corrected chi connectivity index (χ4v) is 2.19. The van der Waals surface area contributed by atoms with Crippen molar-refractivity contribution in [3.63, 3.8) is 0 Å². The van der Waals surface area contributed by atoms with Crippen LogP contribution in [0, 0.1) is 0 Å². The molecule has 0 bridgehead atoms. The van der Waals surface area contributed by atoms with Crippen LogP contribution in [0.1, 0.15) is 18.5 Å². The van der Waals surface area contributed by atoms with Crippen molar-refractivity contribution in [3.8, 4) is 5.82 Å². The molecule has 0 unspecified atom stereocenters. The van der Waals surface area contributed by atoms with Crippen LogP contribution in [0.25, 0.3) is 5.82 Å². The molecular formula is C17H17N5O. The Kier molecular flexibility index (Phi) is 4.33. The maximum Gasteiger partial charge on any atom is 0.319 e. The minimum atomic E-state index is -0.269. The van der Waals surface area contributed by atoms with Gasteiger partial charge in [-0.25, -0.2) is 14.5 Å². The molecule has 0 fully saturated rings. The van der Waals surface area contributed by atoms with E-state index in [2.05, 4.69) is 20.7 Å². The van der Waals surface area contributed by atoms with Crippen molar-refractivity contribution in [2.24, 2.45) is 0 Å². The Labute approximate surface area is 134 Å². The number of carbonyl (C=O) groups is 1. The zero-order valence-corrected chi connectivity index (χ0v) is 12.7. The summed E-state index contributed by atoms with van der Waals surface area (Å²) in [5, 5.41) is 9.77. The van der Waals surface area contributed by atoms with Gasteiger partial charge in [-0.2, -0.15) is 5.10 Å². The highest BCUT2D eigenvalue weighted by Gasteiger charge is 2.09. The number of nitrogens with zero attached hydrogens (tertiary/aromatic N) is 3. The summed E-state index contributed by atoms with van der Waals surface area (Å²) in [6.45, 7) is 1.94. The van der Waals surface area contributed by atoms with Gasteiger partial charge in [0, 0.05) is 12.4 Å². The lowest BCUT2D eigenvalue weighted by Crippen LogP contribution is -2.31. The Balaban J connectivity index is 1.60. The highest BCUT2D eigenvalue weighted by molar-refractivity contribution is 5.89. The lowest BCUT2D eigenvalue weighted by molar-refractivity contribution is 0.249. The number of aromatic nitrogens is 3. The van der Waals surface area contributed by atoms with Crippen molar-refractivity contribution < 1.29 is 4.79 Å². The summed E-state index contributed by atoms with van der Waals surface area (Å²) in [4.78, 5) is 16.3. The maximum atomic E-state index is 12.0. The van der Waals surface area contributed by atoms with Gasteiger partial charge in [0.25, 0.3) is 0 Å². The maximum absolute atomic E-state index is 12.0. The number of pyridine rings is 1. The number of benzene rings is 1. The zero-order valence-electron chi connectivity index (χ0n) is 12.7. The first kappa shape index (κ1) is 14.8. The van der Waals surface area contributed by atoms with Crippen LogP contribution in [-0.4, -0.2) is 20.8 Å². The molecule has 6 heteroatoms. The number of rotatable bonds is 4. The Morgan fingerprint density at radius 3 is 2.61 bits per heavy atom. The molecule has 0 spiro atoms. The Morgan fingerprint density at radius 1 is 1.13 bits per heavy atom. The van der Waals surface area contributed by atoms with Gasteiger partial charge in [-0.1, -0.05) is 30.3 Å². The molecule has 1 aromatic carbocycles. The van der Waals surface area contributed by atoms with Crippen LogP contribution in [-0.2, 0) is 0 Å². The topological polar surface area (TPSA) is 71.8 Å². The van der Waals surface area contributed by atoms with E-state index < -0.39 is 0 Å². The van der Waals surface area contributed by atoms with Crippen LogP contribution < -0.4 is 10.6 Å². The smallest absolute Gasteiger partial charge is 0.319 e. The largest absolute Gasteiger partial charge is 0.331 e. The van der Waals surface area contributed by atoms with Gasteiger partial charge in [0.2, 0.25) is 0 Å². The molecule has 0 saturated heterocycles. The lowest BCUT2D eigenvalue weighted by Gasteiger charge is -2.15. The molecule has 3 rings (SSSR count). The van der Waals surface area contributed by atoms with E-state index in [1.165, 1.54) is 0 Å². The van der Waals surface area contributed by atoms with Crippen LogP contribution >= 0.6 is 0 Å². The third kappa shape index (κ3) is 3.74. The van der Waals surface area contributed by atoms with Crippen molar-refractivity contribution in [1.29, 1.82) is 0 Å². The molecule has 0 radical (unpaired) electrons. The molecule has 2 amide bonds. The SMILES string of the molecule is C[C@H](NC(=O)Nc1ccc(-n2cccn2)nc1)c1ccccc1. The van der Waals surface area contributed by atoms with Gasteiger partial charge in [0.15, 0.2) is 5.82 Å². The molecule has 0 aliphatic rings. The van der Waals surface area contributed by atoms with Gasteiger partial charge in [0.05, 0.1) is 17.9 Å². The van der Waals surface area contributed by atoms with E-state index in [1.54, 1.807) is 29.2 Å². The zero-order chi connectivity index (χ0) is 16.1.